The maximum absolute atomic E-state index is 13.7. The number of primary amides is 1. The highest BCUT2D eigenvalue weighted by Gasteiger charge is 2.39. The first-order chi connectivity index (χ1) is 17.3. The Morgan fingerprint density at radius 3 is 2.50 bits per heavy atom. The van der Waals surface area contributed by atoms with E-state index in [0.29, 0.717) is 17.2 Å². The second-order valence-electron chi connectivity index (χ2n) is 9.46. The fourth-order valence-electron chi connectivity index (χ4n) is 5.05. The smallest absolute Gasteiger partial charge is 0.264 e. The van der Waals surface area contributed by atoms with Crippen LogP contribution in [-0.2, 0) is 9.59 Å². The summed E-state index contributed by atoms with van der Waals surface area (Å²) in [7, 11) is 0. The molecular weight excluding hydrogens is 483 g/mol. The Labute approximate surface area is 213 Å². The highest BCUT2D eigenvalue weighted by molar-refractivity contribution is 7.12. The van der Waals surface area contributed by atoms with E-state index in [2.05, 4.69) is 5.32 Å². The van der Waals surface area contributed by atoms with Crippen LogP contribution in [0.2, 0.25) is 0 Å². The van der Waals surface area contributed by atoms with E-state index in [0.717, 1.165) is 31.7 Å². The number of rotatable bonds is 7. The molecule has 4 amide bonds. The first-order valence-electron chi connectivity index (χ1n) is 12.3. The number of benzene rings is 1. The summed E-state index contributed by atoms with van der Waals surface area (Å²) in [4.78, 5) is 55.3. The van der Waals surface area contributed by atoms with E-state index in [4.69, 9.17) is 5.73 Å². The monoisotopic (exact) mass is 514 g/mol. The average molecular weight is 515 g/mol. The minimum Gasteiger partial charge on any atom is -0.368 e. The lowest BCUT2D eigenvalue weighted by Crippen LogP contribution is -2.63. The molecule has 0 spiro atoms. The fourth-order valence-corrected chi connectivity index (χ4v) is 5.73. The minimum absolute atomic E-state index is 0.0762. The maximum atomic E-state index is 13.7. The standard InChI is InChI=1S/C26H31FN4O4S/c27-19-9-4-8-18(15-19)25(34)30-11-12-31(26(35)22-10-5-13-36-22)21(16-30)24(33)29-20(23(28)32)14-17-6-2-1-3-7-17/h4-5,8-10,13,15,17,20-21H,1-3,6-7,11-12,14,16H2,(H2,28,32)(H,29,33)/t20-,21+/m0/s1. The number of halogens is 1. The van der Waals surface area contributed by atoms with Gasteiger partial charge in [-0.2, -0.15) is 0 Å². The molecule has 1 aliphatic carbocycles. The highest BCUT2D eigenvalue weighted by Crippen LogP contribution is 2.27. The minimum atomic E-state index is -1.01. The lowest BCUT2D eigenvalue weighted by atomic mass is 9.84. The summed E-state index contributed by atoms with van der Waals surface area (Å²) < 4.78 is 13.7. The summed E-state index contributed by atoms with van der Waals surface area (Å²) in [5, 5.41) is 4.55. The van der Waals surface area contributed by atoms with Crippen molar-refractivity contribution >= 4 is 35.0 Å². The van der Waals surface area contributed by atoms with Crippen LogP contribution in [0.4, 0.5) is 4.39 Å². The largest absolute Gasteiger partial charge is 0.368 e. The van der Waals surface area contributed by atoms with Crippen LogP contribution >= 0.6 is 11.3 Å². The lowest BCUT2D eigenvalue weighted by Gasteiger charge is -2.41. The predicted octanol–water partition coefficient (Wildman–Crippen LogP) is 2.79. The molecule has 1 saturated carbocycles. The first-order valence-corrected chi connectivity index (χ1v) is 13.2. The van der Waals surface area contributed by atoms with Gasteiger partial charge in [-0.3, -0.25) is 19.2 Å². The van der Waals surface area contributed by atoms with Crippen molar-refractivity contribution in [3.63, 3.8) is 0 Å². The van der Waals surface area contributed by atoms with E-state index < -0.39 is 35.6 Å². The van der Waals surface area contributed by atoms with Crippen molar-refractivity contribution in [2.24, 2.45) is 11.7 Å². The van der Waals surface area contributed by atoms with Gasteiger partial charge in [-0.15, -0.1) is 11.3 Å². The topological polar surface area (TPSA) is 113 Å². The molecule has 0 bridgehead atoms. The number of thiophene rings is 1. The summed E-state index contributed by atoms with van der Waals surface area (Å²) in [6, 6.07) is 6.93. The van der Waals surface area contributed by atoms with Gasteiger partial charge in [0.05, 0.1) is 11.4 Å². The molecule has 4 rings (SSSR count). The van der Waals surface area contributed by atoms with Gasteiger partial charge in [-0.25, -0.2) is 4.39 Å². The molecule has 2 aliphatic rings. The maximum Gasteiger partial charge on any atom is 0.264 e. The molecule has 1 saturated heterocycles. The number of hydrogen-bond donors (Lipinski definition) is 2. The number of nitrogens with zero attached hydrogens (tertiary/aromatic N) is 2. The van der Waals surface area contributed by atoms with Crippen LogP contribution < -0.4 is 11.1 Å². The third-order valence-electron chi connectivity index (χ3n) is 6.99. The molecule has 0 radical (unpaired) electrons. The zero-order valence-electron chi connectivity index (χ0n) is 20.0. The summed E-state index contributed by atoms with van der Waals surface area (Å²) in [5.74, 6) is -2.12. The Balaban J connectivity index is 1.53. The molecule has 0 unspecified atom stereocenters. The Hall–Kier alpha value is -3.27. The molecule has 1 aromatic heterocycles. The van der Waals surface area contributed by atoms with E-state index in [1.165, 1.54) is 45.8 Å². The van der Waals surface area contributed by atoms with Gasteiger partial charge in [-0.1, -0.05) is 44.2 Å². The van der Waals surface area contributed by atoms with Gasteiger partial charge in [0.25, 0.3) is 11.8 Å². The molecule has 192 valence electrons. The van der Waals surface area contributed by atoms with Gasteiger partial charge in [0.2, 0.25) is 11.8 Å². The zero-order chi connectivity index (χ0) is 25.7. The number of nitrogens with two attached hydrogens (primary N) is 1. The van der Waals surface area contributed by atoms with E-state index in [1.54, 1.807) is 17.5 Å². The molecule has 1 aliphatic heterocycles. The van der Waals surface area contributed by atoms with Gasteiger partial charge in [-0.05, 0) is 42.0 Å². The summed E-state index contributed by atoms with van der Waals surface area (Å²) in [5.41, 5.74) is 5.80. The number of piperazine rings is 1. The lowest BCUT2D eigenvalue weighted by molar-refractivity contribution is -0.131. The zero-order valence-corrected chi connectivity index (χ0v) is 20.8. The first kappa shape index (κ1) is 25.8. The van der Waals surface area contributed by atoms with Crippen LogP contribution in [0.3, 0.4) is 0 Å². The van der Waals surface area contributed by atoms with Crippen molar-refractivity contribution in [3.8, 4) is 0 Å². The molecule has 2 fully saturated rings. The number of nitrogens with one attached hydrogen (secondary N) is 1. The van der Waals surface area contributed by atoms with Crippen molar-refractivity contribution in [1.29, 1.82) is 0 Å². The Kier molecular flexibility index (Phi) is 8.35. The van der Waals surface area contributed by atoms with Crippen molar-refractivity contribution in [1.82, 2.24) is 15.1 Å². The van der Waals surface area contributed by atoms with Gasteiger partial charge in [0, 0.05) is 18.7 Å². The molecular formula is C26H31FN4O4S. The summed E-state index contributed by atoms with van der Waals surface area (Å²) in [6.07, 6.45) is 5.78. The van der Waals surface area contributed by atoms with E-state index in [1.807, 2.05) is 0 Å². The van der Waals surface area contributed by atoms with Crippen LogP contribution in [0, 0.1) is 11.7 Å². The third-order valence-corrected chi connectivity index (χ3v) is 7.85. The quantitative estimate of drug-likeness (QED) is 0.592. The normalized spacial score (nSPS) is 19.5. The molecule has 10 heteroatoms. The average Bonchev–Trinajstić information content (AvgIpc) is 3.43. The van der Waals surface area contributed by atoms with Gasteiger partial charge in [0.15, 0.2) is 0 Å². The molecule has 2 heterocycles. The fraction of sp³-hybridized carbons (Fsp3) is 0.462. The highest BCUT2D eigenvalue weighted by atomic mass is 32.1. The van der Waals surface area contributed by atoms with Crippen molar-refractivity contribution in [3.05, 3.63) is 58.0 Å². The molecule has 8 nitrogen and oxygen atoms in total. The molecule has 36 heavy (non-hydrogen) atoms. The number of carbonyl (C=O) groups is 4. The van der Waals surface area contributed by atoms with Gasteiger partial charge in [0.1, 0.15) is 17.9 Å². The van der Waals surface area contributed by atoms with Crippen molar-refractivity contribution < 1.29 is 23.6 Å². The van der Waals surface area contributed by atoms with Gasteiger partial charge >= 0.3 is 0 Å². The molecule has 2 atom stereocenters. The third kappa shape index (κ3) is 6.10. The van der Waals surface area contributed by atoms with Crippen LogP contribution in [-0.4, -0.2) is 65.1 Å². The Morgan fingerprint density at radius 2 is 1.83 bits per heavy atom. The van der Waals surface area contributed by atoms with E-state index in [-0.39, 0.29) is 31.1 Å². The van der Waals surface area contributed by atoms with Crippen LogP contribution in [0.5, 0.6) is 0 Å². The Morgan fingerprint density at radius 1 is 1.06 bits per heavy atom. The molecule has 2 aromatic rings. The van der Waals surface area contributed by atoms with E-state index >= 15 is 0 Å². The Bertz CT molecular complexity index is 1100. The predicted molar refractivity (Wildman–Crippen MR) is 134 cm³/mol. The number of carbonyl (C=O) groups excluding carboxylic acids is 4. The SMILES string of the molecule is NC(=O)[C@H](CC1CCCCC1)NC(=O)[C@H]1CN(C(=O)c2cccc(F)c2)CCN1C(=O)c1cccs1. The number of amides is 4. The van der Waals surface area contributed by atoms with Crippen LogP contribution in [0.1, 0.15) is 58.6 Å². The summed E-state index contributed by atoms with van der Waals surface area (Å²) >= 11 is 1.27. The van der Waals surface area contributed by atoms with Crippen molar-refractivity contribution in [2.75, 3.05) is 19.6 Å². The van der Waals surface area contributed by atoms with E-state index in [9.17, 15) is 23.6 Å². The van der Waals surface area contributed by atoms with Crippen LogP contribution in [0.15, 0.2) is 41.8 Å². The second kappa shape index (κ2) is 11.6. The molecule has 1 aromatic carbocycles. The van der Waals surface area contributed by atoms with Crippen molar-refractivity contribution in [2.45, 2.75) is 50.6 Å². The molecule has 3 N–H and O–H groups in total. The van der Waals surface area contributed by atoms with Gasteiger partial charge < -0.3 is 20.9 Å². The second-order valence-corrected chi connectivity index (χ2v) is 10.4. The van der Waals surface area contributed by atoms with Crippen LogP contribution in [0.25, 0.3) is 0 Å². The number of hydrogen-bond acceptors (Lipinski definition) is 5. The summed E-state index contributed by atoms with van der Waals surface area (Å²) in [6.45, 7) is 0.241.